The van der Waals surface area contributed by atoms with Crippen LogP contribution < -0.4 is 5.32 Å². The summed E-state index contributed by atoms with van der Waals surface area (Å²) < 4.78 is 5.80. The highest BCUT2D eigenvalue weighted by atomic mass is 16.4. The first-order valence-electron chi connectivity index (χ1n) is 7.47. The Labute approximate surface area is 120 Å². The third-order valence-corrected chi connectivity index (χ3v) is 3.85. The average Bonchev–Trinajstić information content (AvgIpc) is 3.20. The van der Waals surface area contributed by atoms with Crippen molar-refractivity contribution < 1.29 is 4.42 Å². The fourth-order valence-electron chi connectivity index (χ4n) is 2.56. The van der Waals surface area contributed by atoms with Crippen LogP contribution in [0.2, 0.25) is 0 Å². The molecular formula is C17H22N2O. The molecule has 1 aromatic carbocycles. The monoisotopic (exact) mass is 270 g/mol. The Bertz CT molecular complexity index is 543. The number of hydrogen-bond donors (Lipinski definition) is 1. The molecule has 0 saturated heterocycles. The van der Waals surface area contributed by atoms with Gasteiger partial charge in [0.2, 0.25) is 5.89 Å². The molecule has 0 spiro atoms. The topological polar surface area (TPSA) is 38.1 Å². The zero-order valence-corrected chi connectivity index (χ0v) is 12.2. The number of aromatic nitrogens is 1. The van der Waals surface area contributed by atoms with E-state index in [1.807, 2.05) is 6.20 Å². The highest BCUT2D eigenvalue weighted by Crippen LogP contribution is 2.40. The summed E-state index contributed by atoms with van der Waals surface area (Å²) in [5.74, 6) is 3.01. The van der Waals surface area contributed by atoms with Gasteiger partial charge in [0.15, 0.2) is 0 Å². The number of nitrogens with zero attached hydrogens (tertiary/aromatic N) is 1. The molecular weight excluding hydrogens is 248 g/mol. The van der Waals surface area contributed by atoms with E-state index < -0.39 is 0 Å². The molecule has 1 saturated carbocycles. The van der Waals surface area contributed by atoms with Crippen LogP contribution >= 0.6 is 0 Å². The van der Waals surface area contributed by atoms with E-state index in [9.17, 15) is 0 Å². The van der Waals surface area contributed by atoms with Crippen LogP contribution in [0, 0.1) is 5.92 Å². The Morgan fingerprint density at radius 3 is 2.65 bits per heavy atom. The molecule has 0 radical (unpaired) electrons. The summed E-state index contributed by atoms with van der Waals surface area (Å²) in [7, 11) is 0. The smallest absolute Gasteiger partial charge is 0.208 e. The van der Waals surface area contributed by atoms with Crippen molar-refractivity contribution in [3.63, 3.8) is 0 Å². The van der Waals surface area contributed by atoms with E-state index in [4.69, 9.17) is 4.42 Å². The molecule has 1 heterocycles. The molecule has 0 amide bonds. The molecule has 0 bridgehead atoms. The molecule has 1 atom stereocenters. The first-order valence-corrected chi connectivity index (χ1v) is 7.47. The summed E-state index contributed by atoms with van der Waals surface area (Å²) in [5.41, 5.74) is 1.32. The van der Waals surface area contributed by atoms with Crippen LogP contribution in [0.5, 0.6) is 0 Å². The molecule has 0 unspecified atom stereocenters. The van der Waals surface area contributed by atoms with Gasteiger partial charge in [0, 0.05) is 12.0 Å². The normalized spacial score (nSPS) is 16.6. The minimum Gasteiger partial charge on any atom is -0.444 e. The summed E-state index contributed by atoms with van der Waals surface area (Å²) in [6.07, 6.45) is 4.39. The van der Waals surface area contributed by atoms with Gasteiger partial charge in [0.05, 0.1) is 12.7 Å². The fraction of sp³-hybridized carbons (Fsp3) is 0.471. The number of oxazole rings is 1. The Hall–Kier alpha value is -1.61. The zero-order chi connectivity index (χ0) is 13.9. The molecule has 20 heavy (non-hydrogen) atoms. The molecule has 1 aliphatic rings. The Balaban J connectivity index is 1.64. The molecule has 1 aromatic heterocycles. The minimum atomic E-state index is 0.326. The number of benzene rings is 1. The van der Waals surface area contributed by atoms with Gasteiger partial charge in [0.25, 0.3) is 0 Å². The standard InChI is InChI=1S/C17H22N2O/c1-12(2)17(14-6-4-3-5-7-14)19-11-16-18-10-15(20-16)13-8-9-13/h3-7,10,12-13,17,19H,8-9,11H2,1-2H3/t17-/m1/s1. The molecule has 3 nitrogen and oxygen atoms in total. The van der Waals surface area contributed by atoms with E-state index >= 15 is 0 Å². The number of rotatable bonds is 6. The quantitative estimate of drug-likeness (QED) is 0.861. The van der Waals surface area contributed by atoms with Crippen LogP contribution in [0.15, 0.2) is 40.9 Å². The number of hydrogen-bond acceptors (Lipinski definition) is 3. The second-order valence-corrected chi connectivity index (χ2v) is 5.94. The SMILES string of the molecule is CC(C)[C@@H](NCc1ncc(C2CC2)o1)c1ccccc1. The Kier molecular flexibility index (Phi) is 3.88. The molecule has 1 aliphatic carbocycles. The lowest BCUT2D eigenvalue weighted by atomic mass is 9.96. The first kappa shape index (κ1) is 13.4. The van der Waals surface area contributed by atoms with Crippen molar-refractivity contribution >= 4 is 0 Å². The lowest BCUT2D eigenvalue weighted by Crippen LogP contribution is -2.25. The average molecular weight is 270 g/mol. The van der Waals surface area contributed by atoms with E-state index in [0.29, 0.717) is 24.4 Å². The van der Waals surface area contributed by atoms with Crippen LogP contribution in [0.1, 0.15) is 55.9 Å². The van der Waals surface area contributed by atoms with Gasteiger partial charge in [-0.25, -0.2) is 4.98 Å². The molecule has 1 fully saturated rings. The van der Waals surface area contributed by atoms with Crippen molar-refractivity contribution in [2.24, 2.45) is 5.92 Å². The summed E-state index contributed by atoms with van der Waals surface area (Å²) in [6, 6.07) is 10.9. The second-order valence-electron chi connectivity index (χ2n) is 5.94. The van der Waals surface area contributed by atoms with E-state index in [-0.39, 0.29) is 0 Å². The third-order valence-electron chi connectivity index (χ3n) is 3.85. The maximum absolute atomic E-state index is 5.80. The largest absolute Gasteiger partial charge is 0.444 e. The van der Waals surface area contributed by atoms with Gasteiger partial charge < -0.3 is 9.73 Å². The van der Waals surface area contributed by atoms with Crippen LogP contribution in [0.25, 0.3) is 0 Å². The van der Waals surface area contributed by atoms with Crippen molar-refractivity contribution in [2.75, 3.05) is 0 Å². The van der Waals surface area contributed by atoms with Gasteiger partial charge in [-0.05, 0) is 24.3 Å². The summed E-state index contributed by atoms with van der Waals surface area (Å²) in [6.45, 7) is 5.15. The van der Waals surface area contributed by atoms with Crippen LogP contribution in [-0.4, -0.2) is 4.98 Å². The van der Waals surface area contributed by atoms with E-state index in [1.54, 1.807) is 0 Å². The molecule has 3 heteroatoms. The Morgan fingerprint density at radius 2 is 2.00 bits per heavy atom. The fourth-order valence-corrected chi connectivity index (χ4v) is 2.56. The van der Waals surface area contributed by atoms with Crippen LogP contribution in [0.4, 0.5) is 0 Å². The maximum atomic E-state index is 5.80. The van der Waals surface area contributed by atoms with Gasteiger partial charge in [-0.3, -0.25) is 0 Å². The lowest BCUT2D eigenvalue weighted by Gasteiger charge is -2.22. The van der Waals surface area contributed by atoms with Crippen molar-refractivity contribution in [3.8, 4) is 0 Å². The van der Waals surface area contributed by atoms with E-state index in [2.05, 4.69) is 54.5 Å². The summed E-state index contributed by atoms with van der Waals surface area (Å²) >= 11 is 0. The summed E-state index contributed by atoms with van der Waals surface area (Å²) in [5, 5.41) is 3.57. The molecule has 106 valence electrons. The van der Waals surface area contributed by atoms with Gasteiger partial charge in [-0.1, -0.05) is 44.2 Å². The van der Waals surface area contributed by atoms with Crippen molar-refractivity contribution in [1.82, 2.24) is 10.3 Å². The maximum Gasteiger partial charge on any atom is 0.208 e. The highest BCUT2D eigenvalue weighted by Gasteiger charge is 2.27. The van der Waals surface area contributed by atoms with Crippen molar-refractivity contribution in [1.29, 1.82) is 0 Å². The second kappa shape index (κ2) is 5.80. The van der Waals surface area contributed by atoms with Gasteiger partial charge >= 0.3 is 0 Å². The van der Waals surface area contributed by atoms with E-state index in [1.165, 1.54) is 18.4 Å². The number of nitrogens with one attached hydrogen (secondary N) is 1. The minimum absolute atomic E-state index is 0.326. The van der Waals surface area contributed by atoms with Crippen LogP contribution in [0.3, 0.4) is 0 Å². The van der Waals surface area contributed by atoms with Gasteiger partial charge in [-0.15, -0.1) is 0 Å². The molecule has 1 N–H and O–H groups in total. The van der Waals surface area contributed by atoms with Gasteiger partial charge in [-0.2, -0.15) is 0 Å². The van der Waals surface area contributed by atoms with Crippen molar-refractivity contribution in [3.05, 3.63) is 53.7 Å². The lowest BCUT2D eigenvalue weighted by molar-refractivity contribution is 0.370. The predicted molar refractivity (Wildman–Crippen MR) is 79.3 cm³/mol. The zero-order valence-electron chi connectivity index (χ0n) is 12.2. The van der Waals surface area contributed by atoms with Gasteiger partial charge in [0.1, 0.15) is 5.76 Å². The Morgan fingerprint density at radius 1 is 1.25 bits per heavy atom. The molecule has 2 aromatic rings. The van der Waals surface area contributed by atoms with Crippen molar-refractivity contribution in [2.45, 2.75) is 45.2 Å². The predicted octanol–water partition coefficient (Wildman–Crippen LogP) is 4.04. The highest BCUT2D eigenvalue weighted by molar-refractivity contribution is 5.19. The molecule has 3 rings (SSSR count). The molecule has 0 aliphatic heterocycles. The summed E-state index contributed by atoms with van der Waals surface area (Å²) in [4.78, 5) is 4.37. The third kappa shape index (κ3) is 3.10. The van der Waals surface area contributed by atoms with E-state index in [0.717, 1.165) is 11.7 Å². The first-order chi connectivity index (χ1) is 9.74. The van der Waals surface area contributed by atoms with Crippen LogP contribution in [-0.2, 0) is 6.54 Å².